The largest absolute Gasteiger partial charge is 0.438 e. The number of hydrogen-bond acceptors (Lipinski definition) is 8. The molecule has 0 unspecified atom stereocenters. The average Bonchev–Trinajstić information content (AvgIpc) is 3.32. The molecule has 2 aromatic heterocycles. The predicted octanol–water partition coefficient (Wildman–Crippen LogP) is 6.29. The maximum Gasteiger partial charge on any atom is 0.416 e. The van der Waals surface area contributed by atoms with Gasteiger partial charge in [0.2, 0.25) is 11.8 Å². The molecule has 0 aliphatic carbocycles. The smallest absolute Gasteiger partial charge is 0.416 e. The Hall–Kier alpha value is -4.78. The second-order valence-electron chi connectivity index (χ2n) is 10.5. The Morgan fingerprint density at radius 2 is 1.86 bits per heavy atom. The lowest BCUT2D eigenvalue weighted by Crippen LogP contribution is -2.37. The highest BCUT2D eigenvalue weighted by Crippen LogP contribution is 2.37. The molecule has 1 atom stereocenters. The van der Waals surface area contributed by atoms with Gasteiger partial charge in [-0.2, -0.15) is 13.2 Å². The first kappa shape index (κ1) is 29.7. The van der Waals surface area contributed by atoms with Gasteiger partial charge in [-0.1, -0.05) is 0 Å². The van der Waals surface area contributed by atoms with Gasteiger partial charge in [0.05, 0.1) is 33.8 Å². The van der Waals surface area contributed by atoms with Crippen LogP contribution in [-0.4, -0.2) is 58.5 Å². The molecule has 224 valence electrons. The van der Waals surface area contributed by atoms with E-state index in [9.17, 15) is 22.4 Å². The summed E-state index contributed by atoms with van der Waals surface area (Å²) >= 11 is 0. The molecule has 0 radical (unpaired) electrons. The minimum absolute atomic E-state index is 0.0818. The number of ether oxygens (including phenoxy) is 1. The van der Waals surface area contributed by atoms with Gasteiger partial charge in [0.15, 0.2) is 0 Å². The highest BCUT2D eigenvalue weighted by atomic mass is 19.4. The van der Waals surface area contributed by atoms with E-state index < -0.39 is 34.6 Å². The Balaban J connectivity index is 1.43. The summed E-state index contributed by atoms with van der Waals surface area (Å²) in [5.41, 5.74) is -0.631. The number of likely N-dealkylation sites (tertiary alicyclic amines) is 1. The monoisotopic (exact) mass is 595 g/mol. The Morgan fingerprint density at radius 3 is 2.58 bits per heavy atom. The molecule has 0 bridgehead atoms. The van der Waals surface area contributed by atoms with E-state index in [1.807, 2.05) is 14.0 Å². The summed E-state index contributed by atoms with van der Waals surface area (Å²) in [6.45, 7) is 3.40. The molecule has 1 aliphatic heterocycles. The van der Waals surface area contributed by atoms with Crippen molar-refractivity contribution in [3.8, 4) is 22.9 Å². The number of carbonyl (C=O) groups excluding carboxylic acids is 1. The van der Waals surface area contributed by atoms with Gasteiger partial charge >= 0.3 is 6.18 Å². The number of likely N-dealkylation sites (N-methyl/N-ethyl adjacent to an activating group) is 1. The van der Waals surface area contributed by atoms with Crippen LogP contribution >= 0.6 is 0 Å². The summed E-state index contributed by atoms with van der Waals surface area (Å²) in [6.07, 6.45) is -0.840. The normalized spacial score (nSPS) is 17.0. The number of hydrogen-bond donors (Lipinski definition) is 3. The first-order valence-corrected chi connectivity index (χ1v) is 13.4. The molecule has 1 aliphatic rings. The first-order valence-electron chi connectivity index (χ1n) is 13.4. The third-order valence-corrected chi connectivity index (χ3v) is 7.02. The number of pyridine rings is 1. The standard InChI is InChI=1S/C30H29F4N7O2/c1-29(11-14-41(3)17-29)40-24-9-6-18(30(32,33)34)15-25(24)38-26(42)21-16-19(7-8-22(21)31)43-27-20(5-4-12-36-27)23-10-13-37-28(35-2)39-23/h4-10,12-13,15-16,40H,11,14,17H2,1-3H3,(H,38,42)(H,35,37,39)/t29-/m1/s1. The molecular formula is C30H29F4N7O2. The van der Waals surface area contributed by atoms with Crippen molar-refractivity contribution in [1.29, 1.82) is 0 Å². The van der Waals surface area contributed by atoms with Gasteiger partial charge in [0.25, 0.3) is 5.91 Å². The predicted molar refractivity (Wildman–Crippen MR) is 155 cm³/mol. The van der Waals surface area contributed by atoms with E-state index >= 15 is 0 Å². The summed E-state index contributed by atoms with van der Waals surface area (Å²) in [6, 6.07) is 11.7. The number of rotatable bonds is 8. The fourth-order valence-corrected chi connectivity index (χ4v) is 4.89. The van der Waals surface area contributed by atoms with E-state index in [1.165, 1.54) is 18.3 Å². The lowest BCUT2D eigenvalue weighted by atomic mass is 10.0. The van der Waals surface area contributed by atoms with E-state index in [1.54, 1.807) is 31.4 Å². The molecule has 43 heavy (non-hydrogen) atoms. The van der Waals surface area contributed by atoms with Crippen LogP contribution in [0.1, 0.15) is 29.3 Å². The van der Waals surface area contributed by atoms with E-state index in [-0.39, 0.29) is 23.0 Å². The second kappa shape index (κ2) is 11.8. The Morgan fingerprint density at radius 1 is 1.05 bits per heavy atom. The molecule has 13 heteroatoms. The van der Waals surface area contributed by atoms with Crippen molar-refractivity contribution in [3.63, 3.8) is 0 Å². The van der Waals surface area contributed by atoms with Gasteiger partial charge in [-0.15, -0.1) is 0 Å². The molecule has 1 saturated heterocycles. The minimum atomic E-state index is -4.65. The third kappa shape index (κ3) is 6.83. The number of anilines is 3. The maximum atomic E-state index is 14.9. The van der Waals surface area contributed by atoms with Crippen molar-refractivity contribution in [3.05, 3.63) is 83.9 Å². The van der Waals surface area contributed by atoms with Gasteiger partial charge in [-0.25, -0.2) is 19.3 Å². The van der Waals surface area contributed by atoms with E-state index in [4.69, 9.17) is 4.74 Å². The van der Waals surface area contributed by atoms with Crippen molar-refractivity contribution in [2.75, 3.05) is 43.1 Å². The molecule has 3 heterocycles. The van der Waals surface area contributed by atoms with Crippen molar-refractivity contribution in [2.45, 2.75) is 25.1 Å². The van der Waals surface area contributed by atoms with Crippen LogP contribution in [-0.2, 0) is 6.18 Å². The van der Waals surface area contributed by atoms with Crippen LogP contribution < -0.4 is 20.7 Å². The maximum absolute atomic E-state index is 14.9. The molecular weight excluding hydrogens is 566 g/mol. The Kier molecular flexibility index (Phi) is 8.18. The quantitative estimate of drug-likeness (QED) is 0.204. The number of benzene rings is 2. The zero-order valence-corrected chi connectivity index (χ0v) is 23.6. The van der Waals surface area contributed by atoms with Gasteiger partial charge in [-0.3, -0.25) is 4.79 Å². The topological polar surface area (TPSA) is 104 Å². The fourth-order valence-electron chi connectivity index (χ4n) is 4.89. The summed E-state index contributed by atoms with van der Waals surface area (Å²) in [4.78, 5) is 28.2. The highest BCUT2D eigenvalue weighted by Gasteiger charge is 2.35. The zero-order chi connectivity index (χ0) is 30.8. The molecule has 1 fully saturated rings. The molecule has 9 nitrogen and oxygen atoms in total. The number of aromatic nitrogens is 3. The van der Waals surface area contributed by atoms with Crippen LogP contribution in [0.5, 0.6) is 11.6 Å². The van der Waals surface area contributed by atoms with Gasteiger partial charge in [-0.05, 0) is 75.0 Å². The van der Waals surface area contributed by atoms with Crippen LogP contribution in [0.2, 0.25) is 0 Å². The van der Waals surface area contributed by atoms with Crippen LogP contribution in [0, 0.1) is 5.82 Å². The molecule has 3 N–H and O–H groups in total. The number of halogens is 4. The Bertz CT molecular complexity index is 1650. The van der Waals surface area contributed by atoms with Crippen molar-refractivity contribution >= 4 is 23.2 Å². The summed E-state index contributed by atoms with van der Waals surface area (Å²) in [5.74, 6) is -1.23. The van der Waals surface area contributed by atoms with Crippen molar-refractivity contribution in [2.24, 2.45) is 0 Å². The minimum Gasteiger partial charge on any atom is -0.438 e. The molecule has 0 spiro atoms. The fraction of sp³-hybridized carbons (Fsp3) is 0.267. The number of nitrogens with zero attached hydrogens (tertiary/aromatic N) is 4. The summed E-state index contributed by atoms with van der Waals surface area (Å²) in [5, 5.41) is 8.60. The Labute approximate surface area is 245 Å². The summed E-state index contributed by atoms with van der Waals surface area (Å²) < 4.78 is 61.6. The number of alkyl halides is 3. The molecule has 4 aromatic rings. The molecule has 1 amide bonds. The first-order chi connectivity index (χ1) is 20.4. The summed E-state index contributed by atoms with van der Waals surface area (Å²) in [7, 11) is 3.62. The SMILES string of the molecule is CNc1nccc(-c2cccnc2Oc2ccc(F)c(C(=O)Nc3cc(C(F)(F)F)ccc3N[C@]3(C)CCN(C)C3)c2)n1. The molecule has 2 aromatic carbocycles. The van der Waals surface area contributed by atoms with E-state index in [0.29, 0.717) is 23.8 Å². The van der Waals surface area contributed by atoms with Crippen LogP contribution in [0.25, 0.3) is 11.3 Å². The van der Waals surface area contributed by atoms with Gasteiger partial charge in [0, 0.05) is 38.1 Å². The van der Waals surface area contributed by atoms with E-state index in [0.717, 1.165) is 37.2 Å². The zero-order valence-electron chi connectivity index (χ0n) is 23.6. The second-order valence-corrected chi connectivity index (χ2v) is 10.5. The van der Waals surface area contributed by atoms with E-state index in [2.05, 4.69) is 35.8 Å². The lowest BCUT2D eigenvalue weighted by molar-refractivity contribution is -0.137. The van der Waals surface area contributed by atoms with Crippen LogP contribution in [0.3, 0.4) is 0 Å². The lowest BCUT2D eigenvalue weighted by Gasteiger charge is -2.28. The molecule has 5 rings (SSSR count). The number of amides is 1. The average molecular weight is 596 g/mol. The van der Waals surface area contributed by atoms with Crippen molar-refractivity contribution < 1.29 is 27.1 Å². The molecule has 0 saturated carbocycles. The van der Waals surface area contributed by atoms with Crippen LogP contribution in [0.4, 0.5) is 34.9 Å². The van der Waals surface area contributed by atoms with Crippen LogP contribution in [0.15, 0.2) is 67.0 Å². The number of carbonyl (C=O) groups is 1. The third-order valence-electron chi connectivity index (χ3n) is 7.02. The van der Waals surface area contributed by atoms with Gasteiger partial charge in [0.1, 0.15) is 11.6 Å². The van der Waals surface area contributed by atoms with Crippen molar-refractivity contribution in [1.82, 2.24) is 19.9 Å². The number of nitrogens with one attached hydrogen (secondary N) is 3. The highest BCUT2D eigenvalue weighted by molar-refractivity contribution is 6.06. The van der Waals surface area contributed by atoms with Gasteiger partial charge < -0.3 is 25.6 Å².